The Morgan fingerprint density at radius 1 is 1.00 bits per heavy atom. The minimum Gasteiger partial charge on any atom is -0.339 e. The summed E-state index contributed by atoms with van der Waals surface area (Å²) in [6.07, 6.45) is 1.74. The molecule has 0 aliphatic heterocycles. The van der Waals surface area contributed by atoms with Crippen molar-refractivity contribution in [2.24, 2.45) is 0 Å². The Hall–Kier alpha value is -3.74. The van der Waals surface area contributed by atoms with Crippen LogP contribution in [0.5, 0.6) is 0 Å². The SMILES string of the molecule is Cc1nc(-c2ccc(-n3cc(C(=O)Nc4ccc(C)c(C)c4)c(C)n3)cc2)no1. The maximum Gasteiger partial charge on any atom is 0.259 e. The van der Waals surface area contributed by atoms with E-state index in [1.807, 2.05) is 63.2 Å². The van der Waals surface area contributed by atoms with Gasteiger partial charge in [0.05, 0.1) is 16.9 Å². The lowest BCUT2D eigenvalue weighted by atomic mass is 10.1. The first-order valence-electron chi connectivity index (χ1n) is 9.27. The van der Waals surface area contributed by atoms with E-state index in [0.29, 0.717) is 23.0 Å². The number of anilines is 1. The molecule has 2 heterocycles. The molecule has 0 aliphatic carbocycles. The summed E-state index contributed by atoms with van der Waals surface area (Å²) < 4.78 is 6.71. The van der Waals surface area contributed by atoms with E-state index in [2.05, 4.69) is 20.6 Å². The van der Waals surface area contributed by atoms with Crippen molar-refractivity contribution in [3.05, 3.63) is 76.9 Å². The maximum absolute atomic E-state index is 12.7. The Morgan fingerprint density at radius 3 is 2.41 bits per heavy atom. The van der Waals surface area contributed by atoms with Gasteiger partial charge >= 0.3 is 0 Å². The van der Waals surface area contributed by atoms with Crippen LogP contribution in [0.2, 0.25) is 0 Å². The molecule has 0 spiro atoms. The number of carbonyl (C=O) groups is 1. The Balaban J connectivity index is 1.55. The first-order valence-corrected chi connectivity index (χ1v) is 9.27. The molecule has 0 fully saturated rings. The number of nitrogens with one attached hydrogen (secondary N) is 1. The van der Waals surface area contributed by atoms with E-state index < -0.39 is 0 Å². The fourth-order valence-corrected chi connectivity index (χ4v) is 3.01. The number of hydrogen-bond donors (Lipinski definition) is 1. The lowest BCUT2D eigenvalue weighted by molar-refractivity contribution is 0.102. The number of hydrogen-bond acceptors (Lipinski definition) is 5. The quantitative estimate of drug-likeness (QED) is 0.561. The first kappa shape index (κ1) is 18.6. The molecule has 2 aromatic heterocycles. The molecule has 1 N–H and O–H groups in total. The van der Waals surface area contributed by atoms with Crippen molar-refractivity contribution in [2.45, 2.75) is 27.7 Å². The van der Waals surface area contributed by atoms with Crippen LogP contribution in [0.1, 0.15) is 33.1 Å². The second kappa shape index (κ2) is 7.35. The molecule has 0 aliphatic rings. The average Bonchev–Trinajstić information content (AvgIpc) is 3.31. The molecule has 0 unspecified atom stereocenters. The largest absolute Gasteiger partial charge is 0.339 e. The van der Waals surface area contributed by atoms with Crippen LogP contribution in [0.3, 0.4) is 0 Å². The maximum atomic E-state index is 12.7. The second-order valence-corrected chi connectivity index (χ2v) is 7.01. The van der Waals surface area contributed by atoms with E-state index >= 15 is 0 Å². The molecule has 0 radical (unpaired) electrons. The van der Waals surface area contributed by atoms with Gasteiger partial charge in [0, 0.05) is 24.4 Å². The minimum atomic E-state index is -0.184. The minimum absolute atomic E-state index is 0.184. The van der Waals surface area contributed by atoms with Crippen LogP contribution in [0.4, 0.5) is 5.69 Å². The van der Waals surface area contributed by atoms with Crippen LogP contribution in [0.25, 0.3) is 17.1 Å². The fourth-order valence-electron chi connectivity index (χ4n) is 3.01. The van der Waals surface area contributed by atoms with E-state index in [-0.39, 0.29) is 5.91 Å². The second-order valence-electron chi connectivity index (χ2n) is 7.01. The van der Waals surface area contributed by atoms with Gasteiger partial charge in [0.25, 0.3) is 5.91 Å². The van der Waals surface area contributed by atoms with E-state index in [9.17, 15) is 4.79 Å². The molecule has 4 aromatic rings. The van der Waals surface area contributed by atoms with E-state index in [0.717, 1.165) is 22.5 Å². The fraction of sp³-hybridized carbons (Fsp3) is 0.182. The van der Waals surface area contributed by atoms with Crippen molar-refractivity contribution in [2.75, 3.05) is 5.32 Å². The van der Waals surface area contributed by atoms with Gasteiger partial charge < -0.3 is 9.84 Å². The normalized spacial score (nSPS) is 10.9. The van der Waals surface area contributed by atoms with Crippen molar-refractivity contribution in [3.8, 4) is 17.1 Å². The number of amides is 1. The highest BCUT2D eigenvalue weighted by molar-refractivity contribution is 6.05. The Labute approximate surface area is 168 Å². The summed E-state index contributed by atoms with van der Waals surface area (Å²) >= 11 is 0. The topological polar surface area (TPSA) is 85.8 Å². The van der Waals surface area contributed by atoms with Crippen LogP contribution >= 0.6 is 0 Å². The van der Waals surface area contributed by atoms with Crippen LogP contribution in [0.15, 0.2) is 53.2 Å². The summed E-state index contributed by atoms with van der Waals surface area (Å²) in [6.45, 7) is 7.64. The van der Waals surface area contributed by atoms with Gasteiger partial charge in [-0.3, -0.25) is 4.79 Å². The summed E-state index contributed by atoms with van der Waals surface area (Å²) in [5.41, 5.74) is 5.96. The summed E-state index contributed by atoms with van der Waals surface area (Å²) in [5.74, 6) is 0.876. The average molecular weight is 387 g/mol. The van der Waals surface area contributed by atoms with Gasteiger partial charge in [-0.1, -0.05) is 11.2 Å². The third-order valence-electron chi connectivity index (χ3n) is 4.83. The van der Waals surface area contributed by atoms with Gasteiger partial charge in [-0.05, 0) is 68.3 Å². The van der Waals surface area contributed by atoms with Crippen molar-refractivity contribution in [1.29, 1.82) is 0 Å². The molecule has 146 valence electrons. The standard InChI is InChI=1S/C22H21N5O2/c1-13-5-8-18(11-14(13)2)24-22(28)20-12-27(25-15(20)3)19-9-6-17(7-10-19)21-23-16(4)29-26-21/h5-12H,1-4H3,(H,24,28). The molecule has 7 nitrogen and oxygen atoms in total. The van der Waals surface area contributed by atoms with Gasteiger partial charge in [0.1, 0.15) is 0 Å². The van der Waals surface area contributed by atoms with Crippen molar-refractivity contribution in [1.82, 2.24) is 19.9 Å². The number of nitrogens with zero attached hydrogens (tertiary/aromatic N) is 4. The van der Waals surface area contributed by atoms with Gasteiger partial charge in [-0.25, -0.2) is 4.68 Å². The van der Waals surface area contributed by atoms with E-state index in [4.69, 9.17) is 4.52 Å². The summed E-state index contributed by atoms with van der Waals surface area (Å²) in [5, 5.41) is 11.4. The van der Waals surface area contributed by atoms with Gasteiger partial charge in [0.2, 0.25) is 11.7 Å². The Bertz CT molecular complexity index is 1190. The molecular weight excluding hydrogens is 366 g/mol. The zero-order valence-corrected chi connectivity index (χ0v) is 16.7. The highest BCUT2D eigenvalue weighted by Gasteiger charge is 2.15. The summed E-state index contributed by atoms with van der Waals surface area (Å²) in [4.78, 5) is 16.9. The molecule has 1 amide bonds. The molecule has 29 heavy (non-hydrogen) atoms. The number of carbonyl (C=O) groups excluding carboxylic acids is 1. The van der Waals surface area contributed by atoms with Gasteiger partial charge in [-0.15, -0.1) is 0 Å². The molecular formula is C22H21N5O2. The van der Waals surface area contributed by atoms with Crippen molar-refractivity contribution in [3.63, 3.8) is 0 Å². The highest BCUT2D eigenvalue weighted by atomic mass is 16.5. The van der Waals surface area contributed by atoms with Crippen molar-refractivity contribution < 1.29 is 9.32 Å². The summed E-state index contributed by atoms with van der Waals surface area (Å²) in [7, 11) is 0. The monoisotopic (exact) mass is 387 g/mol. The van der Waals surface area contributed by atoms with Crippen LogP contribution in [-0.4, -0.2) is 25.8 Å². The van der Waals surface area contributed by atoms with Crippen molar-refractivity contribution >= 4 is 11.6 Å². The predicted octanol–water partition coefficient (Wildman–Crippen LogP) is 4.41. The molecule has 2 aromatic carbocycles. The molecule has 0 saturated heterocycles. The Morgan fingerprint density at radius 2 is 1.76 bits per heavy atom. The zero-order chi connectivity index (χ0) is 20.5. The number of rotatable bonds is 4. The number of aryl methyl sites for hydroxylation is 4. The van der Waals surface area contributed by atoms with Crippen LogP contribution < -0.4 is 5.32 Å². The van der Waals surface area contributed by atoms with E-state index in [1.165, 1.54) is 5.56 Å². The van der Waals surface area contributed by atoms with Gasteiger partial charge in [0.15, 0.2) is 0 Å². The molecule has 4 rings (SSSR count). The highest BCUT2D eigenvalue weighted by Crippen LogP contribution is 2.20. The van der Waals surface area contributed by atoms with Gasteiger partial charge in [-0.2, -0.15) is 10.1 Å². The first-order chi connectivity index (χ1) is 13.9. The lowest BCUT2D eigenvalue weighted by Gasteiger charge is -2.07. The molecule has 0 bridgehead atoms. The zero-order valence-electron chi connectivity index (χ0n) is 16.7. The predicted molar refractivity (Wildman–Crippen MR) is 110 cm³/mol. The van der Waals surface area contributed by atoms with E-state index in [1.54, 1.807) is 17.8 Å². The van der Waals surface area contributed by atoms with Crippen LogP contribution in [0, 0.1) is 27.7 Å². The molecule has 0 atom stereocenters. The number of benzene rings is 2. The summed E-state index contributed by atoms with van der Waals surface area (Å²) in [6, 6.07) is 13.5. The lowest BCUT2D eigenvalue weighted by Crippen LogP contribution is -2.12. The molecule has 0 saturated carbocycles. The number of aromatic nitrogens is 4. The molecule has 7 heteroatoms. The smallest absolute Gasteiger partial charge is 0.259 e. The third-order valence-corrected chi connectivity index (χ3v) is 4.83. The Kier molecular flexibility index (Phi) is 4.72. The van der Waals surface area contributed by atoms with Crippen LogP contribution in [-0.2, 0) is 0 Å². The third kappa shape index (κ3) is 3.80.